The Balaban J connectivity index is 0.00000480. The molecule has 0 radical (unpaired) electrons. The Morgan fingerprint density at radius 2 is 1.81 bits per heavy atom. The summed E-state index contributed by atoms with van der Waals surface area (Å²) in [4.78, 5) is 4.15. The Morgan fingerprint density at radius 3 is 2.52 bits per heavy atom. The van der Waals surface area contributed by atoms with Crippen LogP contribution in [0.1, 0.15) is 12.0 Å². The smallest absolute Gasteiger partial charge is 0.422 e. The van der Waals surface area contributed by atoms with Crippen molar-refractivity contribution in [1.29, 1.82) is 0 Å². The van der Waals surface area contributed by atoms with Crippen molar-refractivity contribution < 1.29 is 27.4 Å². The van der Waals surface area contributed by atoms with Gasteiger partial charge in [-0.3, -0.25) is 4.99 Å². The summed E-state index contributed by atoms with van der Waals surface area (Å²) in [6.45, 7) is 0.0662. The third kappa shape index (κ3) is 10.6. The molecule has 31 heavy (non-hydrogen) atoms. The Morgan fingerprint density at radius 1 is 1.03 bits per heavy atom. The van der Waals surface area contributed by atoms with Crippen LogP contribution >= 0.6 is 24.0 Å². The second-order valence-corrected chi connectivity index (χ2v) is 6.28. The van der Waals surface area contributed by atoms with Gasteiger partial charge in [0.25, 0.3) is 0 Å². The van der Waals surface area contributed by atoms with Crippen molar-refractivity contribution in [1.82, 2.24) is 5.32 Å². The van der Waals surface area contributed by atoms with Crippen LogP contribution < -0.4 is 20.1 Å². The second-order valence-electron chi connectivity index (χ2n) is 6.28. The third-order valence-corrected chi connectivity index (χ3v) is 3.89. The molecule has 0 aliphatic carbocycles. The fourth-order valence-electron chi connectivity index (χ4n) is 2.50. The van der Waals surface area contributed by atoms with Gasteiger partial charge in [0.15, 0.2) is 12.6 Å². The SMILES string of the molecule is CN=C(NCc1ccccc1OCC(F)(F)F)Nc1cccc(OCCCOC)c1.I. The average molecular weight is 553 g/mol. The zero-order valence-electron chi connectivity index (χ0n) is 17.4. The van der Waals surface area contributed by atoms with Gasteiger partial charge in [-0.25, -0.2) is 0 Å². The predicted molar refractivity (Wildman–Crippen MR) is 126 cm³/mol. The Kier molecular flexibility index (Phi) is 12.1. The van der Waals surface area contributed by atoms with E-state index in [4.69, 9.17) is 14.2 Å². The van der Waals surface area contributed by atoms with E-state index in [0.29, 0.717) is 30.5 Å². The number of nitrogens with one attached hydrogen (secondary N) is 2. The molecule has 0 unspecified atom stereocenters. The van der Waals surface area contributed by atoms with Gasteiger partial charge in [-0.05, 0) is 18.2 Å². The molecule has 0 bridgehead atoms. The lowest BCUT2D eigenvalue weighted by molar-refractivity contribution is -0.153. The number of aliphatic imine (C=N–C) groups is 1. The molecular formula is C21H27F3IN3O3. The summed E-state index contributed by atoms with van der Waals surface area (Å²) in [5, 5.41) is 6.20. The van der Waals surface area contributed by atoms with Crippen LogP contribution in [-0.4, -0.2) is 46.1 Å². The number of para-hydroxylation sites is 1. The number of halogens is 4. The highest BCUT2D eigenvalue weighted by Crippen LogP contribution is 2.22. The lowest BCUT2D eigenvalue weighted by Gasteiger charge is -2.16. The van der Waals surface area contributed by atoms with E-state index in [9.17, 15) is 13.2 Å². The molecule has 0 saturated heterocycles. The molecule has 0 aliphatic heterocycles. The maximum Gasteiger partial charge on any atom is 0.422 e. The van der Waals surface area contributed by atoms with E-state index in [1.807, 2.05) is 24.3 Å². The van der Waals surface area contributed by atoms with E-state index in [2.05, 4.69) is 15.6 Å². The van der Waals surface area contributed by atoms with Crippen molar-refractivity contribution in [2.24, 2.45) is 4.99 Å². The van der Waals surface area contributed by atoms with E-state index in [1.54, 1.807) is 32.4 Å². The molecule has 0 atom stereocenters. The van der Waals surface area contributed by atoms with Crippen LogP contribution in [-0.2, 0) is 11.3 Å². The number of anilines is 1. The summed E-state index contributed by atoms with van der Waals surface area (Å²) < 4.78 is 52.9. The monoisotopic (exact) mass is 553 g/mol. The fraction of sp³-hybridized carbons (Fsp3) is 0.381. The molecule has 6 nitrogen and oxygen atoms in total. The number of guanidine groups is 1. The number of benzene rings is 2. The summed E-state index contributed by atoms with van der Waals surface area (Å²) in [7, 11) is 3.25. The number of methoxy groups -OCH3 is 1. The highest BCUT2D eigenvalue weighted by Gasteiger charge is 2.28. The summed E-state index contributed by atoms with van der Waals surface area (Å²) in [6.07, 6.45) is -3.61. The van der Waals surface area contributed by atoms with Crippen LogP contribution in [0.2, 0.25) is 0 Å². The largest absolute Gasteiger partial charge is 0.493 e. The molecule has 2 aromatic rings. The molecule has 2 aromatic carbocycles. The van der Waals surface area contributed by atoms with Crippen molar-refractivity contribution >= 4 is 35.6 Å². The number of rotatable bonds is 10. The normalized spacial score (nSPS) is 11.5. The van der Waals surface area contributed by atoms with Gasteiger partial charge in [-0.15, -0.1) is 24.0 Å². The molecule has 0 aromatic heterocycles. The van der Waals surface area contributed by atoms with Gasteiger partial charge in [-0.2, -0.15) is 13.2 Å². The van der Waals surface area contributed by atoms with Crippen molar-refractivity contribution in [3.05, 3.63) is 54.1 Å². The minimum Gasteiger partial charge on any atom is -0.493 e. The highest BCUT2D eigenvalue weighted by molar-refractivity contribution is 14.0. The molecule has 0 aliphatic rings. The minimum atomic E-state index is -4.39. The van der Waals surface area contributed by atoms with Crippen molar-refractivity contribution in [2.75, 3.05) is 39.3 Å². The molecule has 10 heteroatoms. The van der Waals surface area contributed by atoms with Gasteiger partial charge in [0.2, 0.25) is 0 Å². The zero-order valence-corrected chi connectivity index (χ0v) is 19.7. The van der Waals surface area contributed by atoms with Crippen LogP contribution in [0.3, 0.4) is 0 Å². The van der Waals surface area contributed by atoms with E-state index in [-0.39, 0.29) is 36.3 Å². The first-order valence-corrected chi connectivity index (χ1v) is 9.38. The minimum absolute atomic E-state index is 0. The van der Waals surface area contributed by atoms with Gasteiger partial charge in [0.1, 0.15) is 11.5 Å². The predicted octanol–water partition coefficient (Wildman–Crippen LogP) is 4.85. The summed E-state index contributed by atoms with van der Waals surface area (Å²) in [5.41, 5.74) is 1.34. The second kappa shape index (κ2) is 14.0. The lowest BCUT2D eigenvalue weighted by atomic mass is 10.2. The molecule has 0 spiro atoms. The Hall–Kier alpha value is -2.21. The molecule has 2 rings (SSSR count). The van der Waals surface area contributed by atoms with Crippen LogP contribution in [0, 0.1) is 0 Å². The summed E-state index contributed by atoms with van der Waals surface area (Å²) >= 11 is 0. The first-order chi connectivity index (χ1) is 14.4. The first-order valence-electron chi connectivity index (χ1n) is 9.38. The maximum absolute atomic E-state index is 12.4. The lowest BCUT2D eigenvalue weighted by Crippen LogP contribution is -2.30. The molecular weight excluding hydrogens is 526 g/mol. The molecule has 2 N–H and O–H groups in total. The maximum atomic E-state index is 12.4. The molecule has 0 fully saturated rings. The summed E-state index contributed by atoms with van der Waals surface area (Å²) in [5.74, 6) is 1.33. The third-order valence-electron chi connectivity index (χ3n) is 3.89. The first kappa shape index (κ1) is 26.8. The average Bonchev–Trinajstić information content (AvgIpc) is 2.73. The molecule has 172 valence electrons. The zero-order chi connectivity index (χ0) is 21.8. The quantitative estimate of drug-likeness (QED) is 0.191. The molecule has 0 heterocycles. The molecule has 0 saturated carbocycles. The van der Waals surface area contributed by atoms with Crippen molar-refractivity contribution in [3.8, 4) is 11.5 Å². The van der Waals surface area contributed by atoms with E-state index in [0.717, 1.165) is 12.1 Å². The van der Waals surface area contributed by atoms with Crippen LogP contribution in [0.4, 0.5) is 18.9 Å². The van der Waals surface area contributed by atoms with Gasteiger partial charge in [0, 0.05) is 51.0 Å². The van der Waals surface area contributed by atoms with E-state index < -0.39 is 12.8 Å². The highest BCUT2D eigenvalue weighted by atomic mass is 127. The van der Waals surface area contributed by atoms with Crippen molar-refractivity contribution in [2.45, 2.75) is 19.1 Å². The summed E-state index contributed by atoms with van der Waals surface area (Å²) in [6, 6.07) is 13.9. The number of hydrogen-bond acceptors (Lipinski definition) is 4. The standard InChI is InChI=1S/C21H26F3N3O3.HI/c1-25-20(27-17-8-5-9-18(13-17)29-12-6-11-28-2)26-14-16-7-3-4-10-19(16)30-15-21(22,23)24;/h3-5,7-10,13H,6,11-12,14-15H2,1-2H3,(H2,25,26,27);1H. The van der Waals surface area contributed by atoms with Crippen LogP contribution in [0.5, 0.6) is 11.5 Å². The Bertz CT molecular complexity index is 820. The number of hydrogen-bond donors (Lipinski definition) is 2. The van der Waals surface area contributed by atoms with E-state index in [1.165, 1.54) is 6.07 Å². The molecule has 0 amide bonds. The Labute approximate surface area is 197 Å². The van der Waals surface area contributed by atoms with Gasteiger partial charge in [0.05, 0.1) is 6.61 Å². The van der Waals surface area contributed by atoms with Gasteiger partial charge < -0.3 is 24.8 Å². The van der Waals surface area contributed by atoms with Crippen molar-refractivity contribution in [3.63, 3.8) is 0 Å². The number of alkyl halides is 3. The number of ether oxygens (including phenoxy) is 3. The van der Waals surface area contributed by atoms with Gasteiger partial charge in [-0.1, -0.05) is 24.3 Å². The number of nitrogens with zero attached hydrogens (tertiary/aromatic N) is 1. The van der Waals surface area contributed by atoms with E-state index >= 15 is 0 Å². The van der Waals surface area contributed by atoms with Crippen LogP contribution in [0.25, 0.3) is 0 Å². The van der Waals surface area contributed by atoms with Gasteiger partial charge >= 0.3 is 6.18 Å². The van der Waals surface area contributed by atoms with Crippen LogP contribution in [0.15, 0.2) is 53.5 Å². The topological polar surface area (TPSA) is 64.1 Å². The fourth-order valence-corrected chi connectivity index (χ4v) is 2.50.